The van der Waals surface area contributed by atoms with Crippen LogP contribution in [0.5, 0.6) is 0 Å². The molecule has 216 valence electrons. The van der Waals surface area contributed by atoms with Gasteiger partial charge in [-0.05, 0) is 73.1 Å². The van der Waals surface area contributed by atoms with Crippen LogP contribution in [0, 0.1) is 0 Å². The minimum absolute atomic E-state index is 0.107. The van der Waals surface area contributed by atoms with Gasteiger partial charge in [0.25, 0.3) is 5.91 Å². The van der Waals surface area contributed by atoms with Crippen molar-refractivity contribution in [2.45, 2.75) is 45.3 Å². The maximum absolute atomic E-state index is 13.7. The smallest absolute Gasteiger partial charge is 0.338 e. The summed E-state index contributed by atoms with van der Waals surface area (Å²) in [4.78, 5) is 56.0. The molecule has 1 N–H and O–H groups in total. The Morgan fingerprint density at radius 2 is 1.62 bits per heavy atom. The summed E-state index contributed by atoms with van der Waals surface area (Å²) in [6, 6.07) is 22.9. The molecule has 3 aromatic carbocycles. The number of amides is 3. The SMILES string of the molecule is CCOC(=O)c1ccc(NC(=O)C[C@@H]2C(=O)N(Cc3ccccc3)C(=S)N2Cc2ccc(N3CCCC3=O)cc2)cc1. The molecule has 2 aliphatic rings. The van der Waals surface area contributed by atoms with E-state index < -0.39 is 12.0 Å². The summed E-state index contributed by atoms with van der Waals surface area (Å²) in [5, 5.41) is 3.19. The van der Waals surface area contributed by atoms with Gasteiger partial charge in [0.15, 0.2) is 5.11 Å². The number of ether oxygens (including phenoxy) is 1. The zero-order valence-corrected chi connectivity index (χ0v) is 24.1. The van der Waals surface area contributed by atoms with Crippen LogP contribution in [0.4, 0.5) is 11.4 Å². The first-order valence-electron chi connectivity index (χ1n) is 14.0. The van der Waals surface area contributed by atoms with Crippen LogP contribution in [0.25, 0.3) is 0 Å². The molecule has 0 aromatic heterocycles. The van der Waals surface area contributed by atoms with Gasteiger partial charge in [-0.1, -0.05) is 42.5 Å². The standard InChI is InChI=1S/C32H32N4O5S/c1-2-41-31(40)24-12-14-25(15-13-24)33-28(37)19-27-30(39)36(21-22-7-4-3-5-8-22)32(42)35(27)20-23-10-16-26(17-11-23)34-18-6-9-29(34)38/h3-5,7-8,10-17,27H,2,6,9,18-21H2,1H3,(H,33,37)/t27-/m1/s1. The van der Waals surface area contributed by atoms with E-state index in [1.54, 1.807) is 45.9 Å². The fraction of sp³-hybridized carbons (Fsp3) is 0.281. The van der Waals surface area contributed by atoms with Gasteiger partial charge in [-0.25, -0.2) is 4.79 Å². The highest BCUT2D eigenvalue weighted by molar-refractivity contribution is 7.80. The third-order valence-electron chi connectivity index (χ3n) is 7.32. The van der Waals surface area contributed by atoms with E-state index in [0.29, 0.717) is 42.4 Å². The molecule has 3 amide bonds. The first-order valence-corrected chi connectivity index (χ1v) is 14.4. The first kappa shape index (κ1) is 28.9. The molecule has 3 aromatic rings. The van der Waals surface area contributed by atoms with Crippen molar-refractivity contribution in [2.75, 3.05) is 23.4 Å². The number of carbonyl (C=O) groups is 4. The number of benzene rings is 3. The molecule has 0 aliphatic carbocycles. The number of anilines is 2. The van der Waals surface area contributed by atoms with Crippen molar-refractivity contribution in [2.24, 2.45) is 0 Å². The largest absolute Gasteiger partial charge is 0.462 e. The van der Waals surface area contributed by atoms with Crippen LogP contribution in [-0.2, 0) is 32.2 Å². The molecule has 2 fully saturated rings. The van der Waals surface area contributed by atoms with E-state index in [9.17, 15) is 19.2 Å². The normalized spacial score (nSPS) is 16.7. The third kappa shape index (κ3) is 6.49. The number of nitrogens with zero attached hydrogens (tertiary/aromatic N) is 3. The van der Waals surface area contributed by atoms with Gasteiger partial charge in [0.2, 0.25) is 11.8 Å². The van der Waals surface area contributed by atoms with E-state index in [-0.39, 0.29) is 30.7 Å². The van der Waals surface area contributed by atoms with E-state index in [0.717, 1.165) is 23.2 Å². The van der Waals surface area contributed by atoms with Gasteiger partial charge < -0.3 is 19.9 Å². The lowest BCUT2D eigenvalue weighted by Gasteiger charge is -2.24. The van der Waals surface area contributed by atoms with Crippen LogP contribution in [0.2, 0.25) is 0 Å². The van der Waals surface area contributed by atoms with E-state index in [1.807, 2.05) is 54.6 Å². The molecule has 2 heterocycles. The van der Waals surface area contributed by atoms with Crippen LogP contribution in [0.15, 0.2) is 78.9 Å². The maximum atomic E-state index is 13.7. The van der Waals surface area contributed by atoms with Crippen LogP contribution in [0.1, 0.15) is 47.7 Å². The second kappa shape index (κ2) is 12.9. The fourth-order valence-electron chi connectivity index (χ4n) is 5.17. The van der Waals surface area contributed by atoms with Crippen LogP contribution < -0.4 is 10.2 Å². The Labute approximate surface area is 250 Å². The molecule has 0 unspecified atom stereocenters. The van der Waals surface area contributed by atoms with Crippen molar-refractivity contribution in [3.05, 3.63) is 95.6 Å². The Kier molecular flexibility index (Phi) is 8.92. The highest BCUT2D eigenvalue weighted by Gasteiger charge is 2.43. The van der Waals surface area contributed by atoms with Gasteiger partial charge in [-0.3, -0.25) is 19.3 Å². The zero-order valence-electron chi connectivity index (χ0n) is 23.3. The number of hydrogen-bond acceptors (Lipinski definition) is 6. The summed E-state index contributed by atoms with van der Waals surface area (Å²) in [5.74, 6) is -0.910. The van der Waals surface area contributed by atoms with Crippen molar-refractivity contribution in [1.82, 2.24) is 9.80 Å². The molecule has 2 saturated heterocycles. The highest BCUT2D eigenvalue weighted by atomic mass is 32.1. The molecule has 0 spiro atoms. The van der Waals surface area contributed by atoms with Crippen molar-refractivity contribution in [3.8, 4) is 0 Å². The minimum Gasteiger partial charge on any atom is -0.462 e. The fourth-order valence-corrected chi connectivity index (χ4v) is 5.52. The molecular weight excluding hydrogens is 552 g/mol. The highest BCUT2D eigenvalue weighted by Crippen LogP contribution is 2.27. The average molecular weight is 585 g/mol. The molecular formula is C32H32N4O5S. The molecule has 10 heteroatoms. The maximum Gasteiger partial charge on any atom is 0.338 e. The van der Waals surface area contributed by atoms with Crippen LogP contribution >= 0.6 is 12.2 Å². The number of rotatable bonds is 10. The van der Waals surface area contributed by atoms with Gasteiger partial charge >= 0.3 is 5.97 Å². The Hall–Kier alpha value is -4.57. The predicted molar refractivity (Wildman–Crippen MR) is 163 cm³/mol. The number of thiocarbonyl (C=S) groups is 1. The second-order valence-corrected chi connectivity index (χ2v) is 10.6. The Morgan fingerprint density at radius 3 is 2.26 bits per heavy atom. The Morgan fingerprint density at radius 1 is 0.929 bits per heavy atom. The lowest BCUT2D eigenvalue weighted by atomic mass is 10.1. The Balaban J connectivity index is 1.32. The number of hydrogen-bond donors (Lipinski definition) is 1. The van der Waals surface area contributed by atoms with Gasteiger partial charge in [0.1, 0.15) is 6.04 Å². The summed E-state index contributed by atoms with van der Waals surface area (Å²) >= 11 is 5.79. The zero-order chi connectivity index (χ0) is 29.6. The molecule has 42 heavy (non-hydrogen) atoms. The van der Waals surface area contributed by atoms with Crippen molar-refractivity contribution < 1.29 is 23.9 Å². The second-order valence-electron chi connectivity index (χ2n) is 10.2. The minimum atomic E-state index is -0.792. The third-order valence-corrected chi connectivity index (χ3v) is 7.78. The number of esters is 1. The van der Waals surface area contributed by atoms with Crippen LogP contribution in [0.3, 0.4) is 0 Å². The summed E-state index contributed by atoms with van der Waals surface area (Å²) in [6.07, 6.45) is 1.30. The molecule has 0 bridgehead atoms. The van der Waals surface area contributed by atoms with Gasteiger partial charge in [-0.2, -0.15) is 0 Å². The quantitative estimate of drug-likeness (QED) is 0.276. The summed E-state index contributed by atoms with van der Waals surface area (Å²) in [7, 11) is 0. The van der Waals surface area contributed by atoms with E-state index >= 15 is 0 Å². The van der Waals surface area contributed by atoms with Crippen molar-refractivity contribution in [3.63, 3.8) is 0 Å². The lowest BCUT2D eigenvalue weighted by Crippen LogP contribution is -2.37. The van der Waals surface area contributed by atoms with E-state index in [4.69, 9.17) is 17.0 Å². The predicted octanol–water partition coefficient (Wildman–Crippen LogP) is 4.52. The monoisotopic (exact) mass is 584 g/mol. The first-order chi connectivity index (χ1) is 20.3. The topological polar surface area (TPSA) is 99.3 Å². The summed E-state index contributed by atoms with van der Waals surface area (Å²) in [6.45, 7) is 3.35. The Bertz CT molecular complexity index is 1480. The van der Waals surface area contributed by atoms with E-state index in [1.165, 1.54) is 0 Å². The molecule has 5 rings (SSSR count). The summed E-state index contributed by atoms with van der Waals surface area (Å²) in [5.41, 5.74) is 3.56. The van der Waals surface area contributed by atoms with Crippen molar-refractivity contribution in [1.29, 1.82) is 0 Å². The molecule has 2 aliphatic heterocycles. The number of carbonyl (C=O) groups excluding carboxylic acids is 4. The van der Waals surface area contributed by atoms with Gasteiger partial charge in [-0.15, -0.1) is 0 Å². The van der Waals surface area contributed by atoms with Crippen LogP contribution in [-0.4, -0.2) is 57.8 Å². The lowest BCUT2D eigenvalue weighted by molar-refractivity contribution is -0.131. The van der Waals surface area contributed by atoms with E-state index in [2.05, 4.69) is 5.32 Å². The molecule has 0 saturated carbocycles. The van der Waals surface area contributed by atoms with Gasteiger partial charge in [0, 0.05) is 30.9 Å². The van der Waals surface area contributed by atoms with Gasteiger partial charge in [0.05, 0.1) is 25.1 Å². The molecule has 0 radical (unpaired) electrons. The summed E-state index contributed by atoms with van der Waals surface area (Å²) < 4.78 is 5.01. The average Bonchev–Trinajstić information content (AvgIpc) is 3.51. The number of nitrogens with one attached hydrogen (secondary N) is 1. The molecule has 9 nitrogen and oxygen atoms in total. The molecule has 1 atom stereocenters. The van der Waals surface area contributed by atoms with Crippen molar-refractivity contribution >= 4 is 52.4 Å².